The smallest absolute Gasteiger partial charge is 0.359 e. The van der Waals surface area contributed by atoms with E-state index in [1.165, 1.54) is 0 Å². The molecule has 31 heavy (non-hydrogen) atoms. The third-order valence-corrected chi connectivity index (χ3v) is 4.99. The molecule has 0 unspecified atom stereocenters. The fourth-order valence-corrected chi connectivity index (χ4v) is 3.28. The molecular weight excluding hydrogens is 462 g/mol. The Morgan fingerprint density at radius 1 is 0.903 bits per heavy atom. The Bertz CT molecular complexity index is 1320. The first-order valence-electron chi connectivity index (χ1n) is 9.33. The number of nitrogens with zero attached hydrogens (tertiary/aromatic N) is 2. The maximum absolute atomic E-state index is 12.9. The summed E-state index contributed by atoms with van der Waals surface area (Å²) >= 11 is 3.32. The first-order valence-corrected chi connectivity index (χ1v) is 10.1. The van der Waals surface area contributed by atoms with Crippen molar-refractivity contribution < 1.29 is 14.3 Å². The highest BCUT2D eigenvalue weighted by atomic mass is 79.9. The molecule has 0 fully saturated rings. The van der Waals surface area contributed by atoms with Gasteiger partial charge in [0, 0.05) is 15.5 Å². The van der Waals surface area contributed by atoms with Gasteiger partial charge in [-0.1, -0.05) is 52.3 Å². The van der Waals surface area contributed by atoms with E-state index < -0.39 is 18.5 Å². The van der Waals surface area contributed by atoms with Crippen molar-refractivity contribution in [2.24, 2.45) is 0 Å². The number of ether oxygens (including phenoxy) is 1. The first-order chi connectivity index (χ1) is 15.0. The van der Waals surface area contributed by atoms with Gasteiger partial charge in [-0.25, -0.2) is 4.79 Å². The number of hydrogen-bond donors (Lipinski definition) is 1. The zero-order valence-electron chi connectivity index (χ0n) is 16.1. The molecule has 154 valence electrons. The molecule has 1 N–H and O–H groups in total. The highest BCUT2D eigenvalue weighted by Crippen LogP contribution is 2.17. The van der Waals surface area contributed by atoms with Crippen molar-refractivity contribution in [2.45, 2.75) is 0 Å². The largest absolute Gasteiger partial charge is 0.451 e. The molecule has 0 bridgehead atoms. The first kappa shape index (κ1) is 20.5. The van der Waals surface area contributed by atoms with E-state index in [9.17, 15) is 14.4 Å². The van der Waals surface area contributed by atoms with Crippen LogP contribution in [0.2, 0.25) is 0 Å². The summed E-state index contributed by atoms with van der Waals surface area (Å²) in [6.45, 7) is -0.491. The van der Waals surface area contributed by atoms with E-state index in [4.69, 9.17) is 4.74 Å². The van der Waals surface area contributed by atoms with E-state index in [0.29, 0.717) is 22.1 Å². The van der Waals surface area contributed by atoms with Crippen molar-refractivity contribution in [1.82, 2.24) is 9.78 Å². The fraction of sp³-hybridized carbons (Fsp3) is 0.0435. The molecule has 0 spiro atoms. The average molecular weight is 478 g/mol. The van der Waals surface area contributed by atoms with Crippen molar-refractivity contribution in [2.75, 3.05) is 11.9 Å². The average Bonchev–Trinajstić information content (AvgIpc) is 2.80. The summed E-state index contributed by atoms with van der Waals surface area (Å²) in [7, 11) is 0. The number of esters is 1. The van der Waals surface area contributed by atoms with Crippen LogP contribution in [0.4, 0.5) is 5.69 Å². The lowest BCUT2D eigenvalue weighted by molar-refractivity contribution is -0.119. The van der Waals surface area contributed by atoms with E-state index in [-0.39, 0.29) is 11.3 Å². The van der Waals surface area contributed by atoms with Crippen LogP contribution < -0.4 is 10.9 Å². The molecule has 7 nitrogen and oxygen atoms in total. The van der Waals surface area contributed by atoms with Gasteiger partial charge in [-0.3, -0.25) is 9.59 Å². The van der Waals surface area contributed by atoms with Gasteiger partial charge in [0.2, 0.25) is 0 Å². The summed E-state index contributed by atoms with van der Waals surface area (Å²) in [5.41, 5.74) is 0.688. The standard InChI is InChI=1S/C23H16BrN3O4/c24-15-10-12-16(13-11-15)25-20(28)14-31-23(30)21-18-8-4-5-9-19(18)22(29)27(26-21)17-6-2-1-3-7-17/h1-13H,14H2,(H,25,28). The van der Waals surface area contributed by atoms with Gasteiger partial charge in [-0.05, 0) is 42.5 Å². The molecule has 0 aliphatic heterocycles. The highest BCUT2D eigenvalue weighted by Gasteiger charge is 2.19. The normalized spacial score (nSPS) is 10.6. The lowest BCUT2D eigenvalue weighted by Crippen LogP contribution is -2.26. The number of halogens is 1. The van der Waals surface area contributed by atoms with E-state index in [2.05, 4.69) is 26.3 Å². The molecular formula is C23H16BrN3O4. The van der Waals surface area contributed by atoms with Crippen LogP contribution in [0.5, 0.6) is 0 Å². The van der Waals surface area contributed by atoms with Gasteiger partial charge >= 0.3 is 5.97 Å². The van der Waals surface area contributed by atoms with Gasteiger partial charge in [0.25, 0.3) is 11.5 Å². The number of rotatable bonds is 5. The SMILES string of the molecule is O=C(COC(=O)c1nn(-c2ccccc2)c(=O)c2ccccc12)Nc1ccc(Br)cc1. The Labute approximate surface area is 185 Å². The number of carbonyl (C=O) groups excluding carboxylic acids is 2. The van der Waals surface area contributed by atoms with E-state index in [1.807, 2.05) is 6.07 Å². The lowest BCUT2D eigenvalue weighted by atomic mass is 10.1. The van der Waals surface area contributed by atoms with Crippen LogP contribution in [-0.4, -0.2) is 28.3 Å². The van der Waals surface area contributed by atoms with Gasteiger partial charge in [0.05, 0.1) is 11.1 Å². The number of benzene rings is 3. The Morgan fingerprint density at radius 3 is 2.26 bits per heavy atom. The molecule has 3 aromatic carbocycles. The number of anilines is 1. The lowest BCUT2D eigenvalue weighted by Gasteiger charge is -2.11. The number of carbonyl (C=O) groups is 2. The van der Waals surface area contributed by atoms with E-state index >= 15 is 0 Å². The van der Waals surface area contributed by atoms with Gasteiger partial charge in [0.15, 0.2) is 12.3 Å². The molecule has 1 amide bonds. The molecule has 1 aromatic heterocycles. The minimum atomic E-state index is -0.799. The minimum absolute atomic E-state index is 0.0458. The van der Waals surface area contributed by atoms with Gasteiger partial charge < -0.3 is 10.1 Å². The fourth-order valence-electron chi connectivity index (χ4n) is 3.01. The van der Waals surface area contributed by atoms with Crippen LogP contribution in [0.15, 0.2) is 88.1 Å². The second-order valence-electron chi connectivity index (χ2n) is 6.58. The minimum Gasteiger partial charge on any atom is -0.451 e. The summed E-state index contributed by atoms with van der Waals surface area (Å²) in [5, 5.41) is 7.57. The Balaban J connectivity index is 1.60. The summed E-state index contributed by atoms with van der Waals surface area (Å²) in [4.78, 5) is 37.8. The van der Waals surface area contributed by atoms with Crippen LogP contribution in [0.25, 0.3) is 16.5 Å². The number of hydrogen-bond acceptors (Lipinski definition) is 5. The van der Waals surface area contributed by atoms with Gasteiger partial charge in [-0.2, -0.15) is 9.78 Å². The quantitative estimate of drug-likeness (QED) is 0.439. The number of amides is 1. The zero-order valence-corrected chi connectivity index (χ0v) is 17.7. The molecule has 0 aliphatic rings. The van der Waals surface area contributed by atoms with E-state index in [1.54, 1.807) is 72.8 Å². The second kappa shape index (κ2) is 8.93. The zero-order chi connectivity index (χ0) is 21.8. The molecule has 8 heteroatoms. The molecule has 1 heterocycles. The maximum Gasteiger partial charge on any atom is 0.359 e. The van der Waals surface area contributed by atoms with Gasteiger partial charge in [-0.15, -0.1) is 0 Å². The third kappa shape index (κ3) is 4.54. The predicted octanol–water partition coefficient (Wildman–Crippen LogP) is 3.94. The Hall–Kier alpha value is -3.78. The van der Waals surface area contributed by atoms with Crippen molar-refractivity contribution in [3.05, 3.63) is 99.4 Å². The van der Waals surface area contributed by atoms with Crippen LogP contribution >= 0.6 is 15.9 Å². The molecule has 4 aromatic rings. The molecule has 0 saturated heterocycles. The van der Waals surface area contributed by atoms with Crippen LogP contribution in [0, 0.1) is 0 Å². The number of fused-ring (bicyclic) bond motifs is 1. The molecule has 0 atom stereocenters. The van der Waals surface area contributed by atoms with E-state index in [0.717, 1.165) is 9.15 Å². The topological polar surface area (TPSA) is 90.3 Å². The number of aromatic nitrogens is 2. The Kier molecular flexibility index (Phi) is 5.90. The molecule has 4 rings (SSSR count). The molecule has 0 aliphatic carbocycles. The Morgan fingerprint density at radius 2 is 1.55 bits per heavy atom. The summed E-state index contributed by atoms with van der Waals surface area (Å²) in [6, 6.07) is 22.4. The monoisotopic (exact) mass is 477 g/mol. The second-order valence-corrected chi connectivity index (χ2v) is 7.49. The summed E-state index contributed by atoms with van der Waals surface area (Å²) < 4.78 is 7.22. The van der Waals surface area contributed by atoms with Crippen molar-refractivity contribution in [3.63, 3.8) is 0 Å². The van der Waals surface area contributed by atoms with Crippen molar-refractivity contribution >= 4 is 44.3 Å². The number of para-hydroxylation sites is 1. The van der Waals surface area contributed by atoms with Crippen molar-refractivity contribution in [3.8, 4) is 5.69 Å². The third-order valence-electron chi connectivity index (χ3n) is 4.46. The maximum atomic E-state index is 12.9. The summed E-state index contributed by atoms with van der Waals surface area (Å²) in [6.07, 6.45) is 0. The van der Waals surface area contributed by atoms with Gasteiger partial charge in [0.1, 0.15) is 0 Å². The molecule has 0 radical (unpaired) electrons. The van der Waals surface area contributed by atoms with Crippen LogP contribution in [-0.2, 0) is 9.53 Å². The van der Waals surface area contributed by atoms with Crippen molar-refractivity contribution in [1.29, 1.82) is 0 Å². The molecule has 0 saturated carbocycles. The summed E-state index contributed by atoms with van der Waals surface area (Å²) in [5.74, 6) is -1.29. The van der Waals surface area contributed by atoms with Crippen LogP contribution in [0.3, 0.4) is 0 Å². The number of nitrogens with one attached hydrogen (secondary N) is 1. The highest BCUT2D eigenvalue weighted by molar-refractivity contribution is 9.10. The predicted molar refractivity (Wildman–Crippen MR) is 120 cm³/mol. The van der Waals surface area contributed by atoms with Crippen LogP contribution in [0.1, 0.15) is 10.5 Å².